The Morgan fingerprint density at radius 1 is 1.24 bits per heavy atom. The summed E-state index contributed by atoms with van der Waals surface area (Å²) in [4.78, 5) is 4.14. The molecule has 2 atom stereocenters. The van der Waals surface area contributed by atoms with Gasteiger partial charge in [0.25, 0.3) is 10.0 Å². The van der Waals surface area contributed by atoms with E-state index in [1.807, 2.05) is 0 Å². The van der Waals surface area contributed by atoms with Gasteiger partial charge in [0.2, 0.25) is 0 Å². The molecule has 0 aromatic carbocycles. The molecule has 1 aliphatic heterocycles. The molecule has 2 fully saturated rings. The Labute approximate surface area is 126 Å². The zero-order valence-corrected chi connectivity index (χ0v) is 13.3. The number of fused-ring (bicyclic) bond motifs is 1. The standard InChI is InChI=1S/C15H23N3O2S/c1-16-13-8-4-10-17-15(13)21(19,20)18-11-5-7-12-6-2-3-9-14(12)18/h4,8,10,12,14,16H,2-3,5-7,9,11H2,1H3/t12-,14-/m1/s1. The number of anilines is 1. The highest BCUT2D eigenvalue weighted by atomic mass is 32.2. The predicted octanol–water partition coefficient (Wildman–Crippen LogP) is 2.47. The Morgan fingerprint density at radius 2 is 2.00 bits per heavy atom. The summed E-state index contributed by atoms with van der Waals surface area (Å²) in [6.45, 7) is 0.628. The molecule has 116 valence electrons. The third kappa shape index (κ3) is 2.66. The number of nitrogens with zero attached hydrogens (tertiary/aromatic N) is 2. The van der Waals surface area contributed by atoms with E-state index in [-0.39, 0.29) is 11.1 Å². The fourth-order valence-corrected chi connectivity index (χ4v) is 5.64. The molecule has 0 radical (unpaired) electrons. The second kappa shape index (κ2) is 5.93. The number of pyridine rings is 1. The Hall–Kier alpha value is -1.14. The van der Waals surface area contributed by atoms with Crippen molar-refractivity contribution in [3.8, 4) is 0 Å². The summed E-state index contributed by atoms with van der Waals surface area (Å²) in [5.74, 6) is 0.532. The lowest BCUT2D eigenvalue weighted by molar-refractivity contribution is 0.129. The van der Waals surface area contributed by atoms with Crippen molar-refractivity contribution in [2.45, 2.75) is 49.6 Å². The van der Waals surface area contributed by atoms with Crippen LogP contribution in [0.1, 0.15) is 38.5 Å². The maximum absolute atomic E-state index is 13.0. The number of rotatable bonds is 3. The topological polar surface area (TPSA) is 62.3 Å². The van der Waals surface area contributed by atoms with E-state index in [9.17, 15) is 8.42 Å². The van der Waals surface area contributed by atoms with Gasteiger partial charge >= 0.3 is 0 Å². The van der Waals surface area contributed by atoms with Crippen LogP contribution in [0.4, 0.5) is 5.69 Å². The monoisotopic (exact) mass is 309 g/mol. The number of hydrogen-bond donors (Lipinski definition) is 1. The fourth-order valence-electron chi connectivity index (χ4n) is 3.78. The summed E-state index contributed by atoms with van der Waals surface area (Å²) in [7, 11) is -1.78. The molecule has 1 aromatic heterocycles. The lowest BCUT2D eigenvalue weighted by atomic mass is 9.79. The lowest BCUT2D eigenvalue weighted by Crippen LogP contribution is -2.49. The predicted molar refractivity (Wildman–Crippen MR) is 82.7 cm³/mol. The van der Waals surface area contributed by atoms with Crippen molar-refractivity contribution >= 4 is 15.7 Å². The van der Waals surface area contributed by atoms with Crippen LogP contribution >= 0.6 is 0 Å². The summed E-state index contributed by atoms with van der Waals surface area (Å²) >= 11 is 0. The highest BCUT2D eigenvalue weighted by Crippen LogP contribution is 2.38. The Balaban J connectivity index is 1.96. The number of piperidine rings is 1. The molecule has 2 aliphatic rings. The minimum absolute atomic E-state index is 0.165. The molecule has 5 nitrogen and oxygen atoms in total. The minimum atomic E-state index is -3.52. The largest absolute Gasteiger partial charge is 0.386 e. The van der Waals surface area contributed by atoms with Gasteiger partial charge in [-0.3, -0.25) is 0 Å². The van der Waals surface area contributed by atoms with Gasteiger partial charge in [-0.25, -0.2) is 13.4 Å². The van der Waals surface area contributed by atoms with Gasteiger partial charge in [0.15, 0.2) is 5.03 Å². The third-order valence-electron chi connectivity index (χ3n) is 4.79. The molecule has 3 rings (SSSR count). The summed E-state index contributed by atoms with van der Waals surface area (Å²) in [6, 6.07) is 3.69. The van der Waals surface area contributed by atoms with Gasteiger partial charge in [0.1, 0.15) is 0 Å². The number of hydrogen-bond acceptors (Lipinski definition) is 4. The molecule has 1 aliphatic carbocycles. The van der Waals surface area contributed by atoms with E-state index in [1.54, 1.807) is 29.7 Å². The molecule has 0 bridgehead atoms. The lowest BCUT2D eigenvalue weighted by Gasteiger charge is -2.43. The van der Waals surface area contributed by atoms with Crippen molar-refractivity contribution in [2.24, 2.45) is 5.92 Å². The molecular formula is C15H23N3O2S. The van der Waals surface area contributed by atoms with E-state index >= 15 is 0 Å². The third-order valence-corrected chi connectivity index (χ3v) is 6.67. The fraction of sp³-hybridized carbons (Fsp3) is 0.667. The second-order valence-electron chi connectivity index (χ2n) is 5.98. The molecule has 2 heterocycles. The van der Waals surface area contributed by atoms with Crippen LogP contribution in [-0.4, -0.2) is 37.3 Å². The smallest absolute Gasteiger partial charge is 0.262 e. The van der Waals surface area contributed by atoms with Crippen LogP contribution < -0.4 is 5.32 Å². The van der Waals surface area contributed by atoms with Gasteiger partial charge in [-0.2, -0.15) is 4.31 Å². The summed E-state index contributed by atoms with van der Waals surface area (Å²) in [6.07, 6.45) is 8.20. The van der Waals surface area contributed by atoms with Crippen LogP contribution in [0.2, 0.25) is 0 Å². The molecule has 6 heteroatoms. The summed E-state index contributed by atoms with van der Waals surface area (Å²) in [5.41, 5.74) is 0.579. The van der Waals surface area contributed by atoms with Crippen LogP contribution in [0.5, 0.6) is 0 Å². The van der Waals surface area contributed by atoms with Crippen molar-refractivity contribution in [1.82, 2.24) is 9.29 Å². The molecule has 0 amide bonds. The van der Waals surface area contributed by atoms with E-state index in [1.165, 1.54) is 6.42 Å². The Bertz CT molecular complexity index is 601. The van der Waals surface area contributed by atoms with Crippen LogP contribution in [0.15, 0.2) is 23.4 Å². The van der Waals surface area contributed by atoms with E-state index in [0.717, 1.165) is 32.1 Å². The maximum Gasteiger partial charge on any atom is 0.262 e. The molecule has 21 heavy (non-hydrogen) atoms. The van der Waals surface area contributed by atoms with E-state index in [4.69, 9.17) is 0 Å². The molecule has 1 N–H and O–H groups in total. The first-order valence-electron chi connectivity index (χ1n) is 7.79. The second-order valence-corrected chi connectivity index (χ2v) is 7.78. The Morgan fingerprint density at radius 3 is 2.81 bits per heavy atom. The van der Waals surface area contributed by atoms with Gasteiger partial charge in [-0.05, 0) is 43.7 Å². The van der Waals surface area contributed by atoms with Gasteiger partial charge in [-0.15, -0.1) is 0 Å². The van der Waals surface area contributed by atoms with E-state index < -0.39 is 10.0 Å². The van der Waals surface area contributed by atoms with Gasteiger partial charge < -0.3 is 5.32 Å². The van der Waals surface area contributed by atoms with Gasteiger partial charge in [-0.1, -0.05) is 12.8 Å². The quantitative estimate of drug-likeness (QED) is 0.931. The SMILES string of the molecule is CNc1cccnc1S(=O)(=O)N1CCC[C@H]2CCCC[C@H]21. The van der Waals surface area contributed by atoms with Crippen molar-refractivity contribution in [1.29, 1.82) is 0 Å². The summed E-state index contributed by atoms with van der Waals surface area (Å²) < 4.78 is 27.8. The highest BCUT2D eigenvalue weighted by Gasteiger charge is 2.41. The zero-order valence-electron chi connectivity index (χ0n) is 12.5. The molecule has 1 aromatic rings. The van der Waals surface area contributed by atoms with Crippen molar-refractivity contribution in [3.63, 3.8) is 0 Å². The average molecular weight is 309 g/mol. The molecule has 0 spiro atoms. The number of sulfonamides is 1. The number of nitrogens with one attached hydrogen (secondary N) is 1. The van der Waals surface area contributed by atoms with Crippen molar-refractivity contribution < 1.29 is 8.42 Å². The summed E-state index contributed by atoms with van der Waals surface area (Å²) in [5, 5.41) is 3.11. The minimum Gasteiger partial charge on any atom is -0.386 e. The normalized spacial score (nSPS) is 27.1. The van der Waals surface area contributed by atoms with Crippen LogP contribution in [0.3, 0.4) is 0 Å². The first kappa shape index (κ1) is 14.8. The highest BCUT2D eigenvalue weighted by molar-refractivity contribution is 7.89. The first-order valence-corrected chi connectivity index (χ1v) is 9.23. The molecule has 1 saturated carbocycles. The first-order chi connectivity index (χ1) is 10.1. The maximum atomic E-state index is 13.0. The van der Waals surface area contributed by atoms with Crippen LogP contribution in [-0.2, 0) is 10.0 Å². The zero-order chi connectivity index (χ0) is 14.9. The molecule has 1 saturated heterocycles. The van der Waals surface area contributed by atoms with Gasteiger partial charge in [0.05, 0.1) is 5.69 Å². The molecule has 0 unspecified atom stereocenters. The van der Waals surface area contributed by atoms with Crippen molar-refractivity contribution in [3.05, 3.63) is 18.3 Å². The average Bonchev–Trinajstić information content (AvgIpc) is 2.54. The van der Waals surface area contributed by atoms with Crippen LogP contribution in [0.25, 0.3) is 0 Å². The molecular weight excluding hydrogens is 286 g/mol. The van der Waals surface area contributed by atoms with Gasteiger partial charge in [0, 0.05) is 25.8 Å². The Kier molecular flexibility index (Phi) is 4.17. The van der Waals surface area contributed by atoms with Crippen LogP contribution in [0, 0.1) is 5.92 Å². The van der Waals surface area contributed by atoms with E-state index in [0.29, 0.717) is 18.2 Å². The number of aromatic nitrogens is 1. The van der Waals surface area contributed by atoms with E-state index in [2.05, 4.69) is 10.3 Å². The van der Waals surface area contributed by atoms with Crippen molar-refractivity contribution in [2.75, 3.05) is 18.9 Å².